The lowest BCUT2D eigenvalue weighted by Gasteiger charge is -2.24. The molecule has 0 spiro atoms. The standard InChI is InChI=1S/C12H17FN2O2/c1-12(2,7-14)15-11(16)9-6-8(13)4-5-10(9)17-3/h4-6H,7,14H2,1-3H3,(H,15,16). The van der Waals surface area contributed by atoms with Gasteiger partial charge in [0.2, 0.25) is 0 Å². The summed E-state index contributed by atoms with van der Waals surface area (Å²) in [4.78, 5) is 11.9. The van der Waals surface area contributed by atoms with Crippen molar-refractivity contribution in [2.75, 3.05) is 13.7 Å². The minimum Gasteiger partial charge on any atom is -0.496 e. The molecule has 5 heteroatoms. The van der Waals surface area contributed by atoms with Gasteiger partial charge in [-0.25, -0.2) is 4.39 Å². The molecule has 1 aromatic rings. The van der Waals surface area contributed by atoms with Gasteiger partial charge in [-0.1, -0.05) is 0 Å². The Morgan fingerprint density at radius 3 is 2.71 bits per heavy atom. The Hall–Kier alpha value is -1.62. The molecular formula is C12H17FN2O2. The normalized spacial score (nSPS) is 11.1. The quantitative estimate of drug-likeness (QED) is 0.833. The molecule has 0 radical (unpaired) electrons. The number of nitrogens with one attached hydrogen (secondary N) is 1. The van der Waals surface area contributed by atoms with E-state index in [1.807, 2.05) is 0 Å². The van der Waals surface area contributed by atoms with Crippen LogP contribution >= 0.6 is 0 Å². The van der Waals surface area contributed by atoms with Crippen LogP contribution in [0.25, 0.3) is 0 Å². The van der Waals surface area contributed by atoms with Crippen molar-refractivity contribution in [1.29, 1.82) is 0 Å². The Bertz CT molecular complexity index is 419. The highest BCUT2D eigenvalue weighted by molar-refractivity contribution is 5.97. The second kappa shape index (κ2) is 5.14. The molecule has 0 atom stereocenters. The summed E-state index contributed by atoms with van der Waals surface area (Å²) in [7, 11) is 1.43. The van der Waals surface area contributed by atoms with Crippen molar-refractivity contribution >= 4 is 5.91 Å². The number of halogens is 1. The summed E-state index contributed by atoms with van der Waals surface area (Å²) in [5, 5.41) is 2.71. The average Bonchev–Trinajstić information content (AvgIpc) is 2.28. The maximum absolute atomic E-state index is 13.1. The number of methoxy groups -OCH3 is 1. The molecule has 0 heterocycles. The maximum atomic E-state index is 13.1. The third-order valence-electron chi connectivity index (χ3n) is 2.37. The number of hydrogen-bond donors (Lipinski definition) is 2. The minimum atomic E-state index is -0.547. The lowest BCUT2D eigenvalue weighted by Crippen LogP contribution is -2.48. The lowest BCUT2D eigenvalue weighted by molar-refractivity contribution is 0.0912. The van der Waals surface area contributed by atoms with Gasteiger partial charge in [0.25, 0.3) is 5.91 Å². The molecular weight excluding hydrogens is 223 g/mol. The second-order valence-corrected chi connectivity index (χ2v) is 4.39. The number of benzene rings is 1. The minimum absolute atomic E-state index is 0.161. The summed E-state index contributed by atoms with van der Waals surface area (Å²) in [5.41, 5.74) is 5.13. The largest absolute Gasteiger partial charge is 0.496 e. The van der Waals surface area contributed by atoms with Crippen LogP contribution in [0.2, 0.25) is 0 Å². The molecule has 0 saturated heterocycles. The molecule has 1 amide bonds. The summed E-state index contributed by atoms with van der Waals surface area (Å²) in [6.07, 6.45) is 0. The van der Waals surface area contributed by atoms with Crippen LogP contribution in [0.3, 0.4) is 0 Å². The van der Waals surface area contributed by atoms with Gasteiger partial charge in [-0.3, -0.25) is 4.79 Å². The van der Waals surface area contributed by atoms with Crippen molar-refractivity contribution in [1.82, 2.24) is 5.32 Å². The first-order chi connectivity index (χ1) is 7.89. The summed E-state index contributed by atoms with van der Waals surface area (Å²) < 4.78 is 18.1. The Kier molecular flexibility index (Phi) is 4.07. The Morgan fingerprint density at radius 2 is 2.18 bits per heavy atom. The third-order valence-corrected chi connectivity index (χ3v) is 2.37. The van der Waals surface area contributed by atoms with Crippen LogP contribution in [0, 0.1) is 5.82 Å². The first kappa shape index (κ1) is 13.4. The van der Waals surface area contributed by atoms with Crippen LogP contribution in [0.1, 0.15) is 24.2 Å². The highest BCUT2D eigenvalue weighted by atomic mass is 19.1. The molecule has 1 rings (SSSR count). The number of amides is 1. The smallest absolute Gasteiger partial charge is 0.255 e. The van der Waals surface area contributed by atoms with E-state index in [-0.39, 0.29) is 12.1 Å². The molecule has 0 aliphatic rings. The molecule has 3 N–H and O–H groups in total. The molecule has 1 aromatic carbocycles. The number of rotatable bonds is 4. The van der Waals surface area contributed by atoms with Gasteiger partial charge in [0.1, 0.15) is 11.6 Å². The van der Waals surface area contributed by atoms with Gasteiger partial charge in [-0.2, -0.15) is 0 Å². The lowest BCUT2D eigenvalue weighted by atomic mass is 10.0. The number of ether oxygens (including phenoxy) is 1. The molecule has 94 valence electrons. The number of carbonyl (C=O) groups excluding carboxylic acids is 1. The number of hydrogen-bond acceptors (Lipinski definition) is 3. The van der Waals surface area contributed by atoms with Crippen LogP contribution in [0.4, 0.5) is 4.39 Å². The van der Waals surface area contributed by atoms with E-state index in [2.05, 4.69) is 5.32 Å². The van der Waals surface area contributed by atoms with Crippen molar-refractivity contribution < 1.29 is 13.9 Å². The first-order valence-electron chi connectivity index (χ1n) is 5.26. The summed E-state index contributed by atoms with van der Waals surface area (Å²) in [5.74, 6) is -0.560. The van der Waals surface area contributed by atoms with Crippen molar-refractivity contribution in [3.8, 4) is 5.75 Å². The molecule has 0 aromatic heterocycles. The van der Waals surface area contributed by atoms with E-state index < -0.39 is 17.3 Å². The number of nitrogens with two attached hydrogens (primary N) is 1. The van der Waals surface area contributed by atoms with Gasteiger partial charge < -0.3 is 15.8 Å². The van der Waals surface area contributed by atoms with Crippen molar-refractivity contribution in [2.24, 2.45) is 5.73 Å². The Balaban J connectivity index is 2.99. The summed E-state index contributed by atoms with van der Waals surface area (Å²) in [6.45, 7) is 3.86. The predicted octanol–water partition coefficient (Wildman–Crippen LogP) is 1.30. The highest BCUT2D eigenvalue weighted by Gasteiger charge is 2.21. The molecule has 0 saturated carbocycles. The molecule has 0 bridgehead atoms. The van der Waals surface area contributed by atoms with Crippen LogP contribution in [0.15, 0.2) is 18.2 Å². The molecule has 0 fully saturated rings. The third kappa shape index (κ3) is 3.42. The van der Waals surface area contributed by atoms with Crippen molar-refractivity contribution in [3.05, 3.63) is 29.6 Å². The first-order valence-corrected chi connectivity index (χ1v) is 5.26. The Morgan fingerprint density at radius 1 is 1.53 bits per heavy atom. The van der Waals surface area contributed by atoms with Crippen molar-refractivity contribution in [2.45, 2.75) is 19.4 Å². The second-order valence-electron chi connectivity index (χ2n) is 4.39. The fourth-order valence-corrected chi connectivity index (χ4v) is 1.28. The number of carbonyl (C=O) groups is 1. The van der Waals surface area contributed by atoms with Gasteiger partial charge >= 0.3 is 0 Å². The van der Waals surface area contributed by atoms with E-state index in [1.54, 1.807) is 13.8 Å². The van der Waals surface area contributed by atoms with E-state index in [0.717, 1.165) is 6.07 Å². The van der Waals surface area contributed by atoms with E-state index in [1.165, 1.54) is 19.2 Å². The van der Waals surface area contributed by atoms with Gasteiger partial charge in [0.05, 0.1) is 12.7 Å². The average molecular weight is 240 g/mol. The molecule has 0 unspecified atom stereocenters. The van der Waals surface area contributed by atoms with Crippen LogP contribution in [-0.4, -0.2) is 25.1 Å². The van der Waals surface area contributed by atoms with E-state index in [0.29, 0.717) is 5.75 Å². The fraction of sp³-hybridized carbons (Fsp3) is 0.417. The molecule has 17 heavy (non-hydrogen) atoms. The van der Waals surface area contributed by atoms with Crippen LogP contribution in [0.5, 0.6) is 5.75 Å². The van der Waals surface area contributed by atoms with Crippen LogP contribution < -0.4 is 15.8 Å². The SMILES string of the molecule is COc1ccc(F)cc1C(=O)NC(C)(C)CN. The van der Waals surface area contributed by atoms with Crippen LogP contribution in [-0.2, 0) is 0 Å². The fourth-order valence-electron chi connectivity index (χ4n) is 1.28. The zero-order chi connectivity index (χ0) is 13.1. The van der Waals surface area contributed by atoms with Gasteiger partial charge in [0, 0.05) is 12.1 Å². The summed E-state index contributed by atoms with van der Waals surface area (Å²) >= 11 is 0. The highest BCUT2D eigenvalue weighted by Crippen LogP contribution is 2.19. The maximum Gasteiger partial charge on any atom is 0.255 e. The van der Waals surface area contributed by atoms with Gasteiger partial charge in [0.15, 0.2) is 0 Å². The van der Waals surface area contributed by atoms with Gasteiger partial charge in [-0.05, 0) is 32.0 Å². The summed E-state index contributed by atoms with van der Waals surface area (Å²) in [6, 6.07) is 3.80. The zero-order valence-electron chi connectivity index (χ0n) is 10.2. The molecule has 4 nitrogen and oxygen atoms in total. The predicted molar refractivity (Wildman–Crippen MR) is 63.6 cm³/mol. The monoisotopic (exact) mass is 240 g/mol. The topological polar surface area (TPSA) is 64.3 Å². The zero-order valence-corrected chi connectivity index (χ0v) is 10.2. The van der Waals surface area contributed by atoms with E-state index in [4.69, 9.17) is 10.5 Å². The van der Waals surface area contributed by atoms with E-state index in [9.17, 15) is 9.18 Å². The van der Waals surface area contributed by atoms with Crippen molar-refractivity contribution in [3.63, 3.8) is 0 Å². The molecule has 0 aliphatic carbocycles. The Labute approximate surface area is 100.0 Å². The molecule has 0 aliphatic heterocycles. The van der Waals surface area contributed by atoms with Gasteiger partial charge in [-0.15, -0.1) is 0 Å². The van der Waals surface area contributed by atoms with E-state index >= 15 is 0 Å².